The summed E-state index contributed by atoms with van der Waals surface area (Å²) in [4.78, 5) is 12.0. The monoisotopic (exact) mass is 216 g/mol. The van der Waals surface area contributed by atoms with Crippen LogP contribution in [0.2, 0.25) is 0 Å². The summed E-state index contributed by atoms with van der Waals surface area (Å²) in [5, 5.41) is 0. The third-order valence-electron chi connectivity index (χ3n) is 3.45. The SMILES string of the molecule is Nc1cc2[nH]cnc2c(C2CCCCC2)n1. The zero-order chi connectivity index (χ0) is 11.0. The quantitative estimate of drug-likeness (QED) is 0.769. The van der Waals surface area contributed by atoms with E-state index in [9.17, 15) is 0 Å². The van der Waals surface area contributed by atoms with Gasteiger partial charge >= 0.3 is 0 Å². The van der Waals surface area contributed by atoms with Gasteiger partial charge in [0, 0.05) is 12.0 Å². The molecule has 84 valence electrons. The molecular weight excluding hydrogens is 200 g/mol. The van der Waals surface area contributed by atoms with Crippen LogP contribution in [0.1, 0.15) is 43.7 Å². The highest BCUT2D eigenvalue weighted by molar-refractivity contribution is 5.79. The van der Waals surface area contributed by atoms with Crippen LogP contribution in [-0.2, 0) is 0 Å². The van der Waals surface area contributed by atoms with Crippen molar-refractivity contribution in [2.45, 2.75) is 38.0 Å². The zero-order valence-electron chi connectivity index (χ0n) is 9.24. The molecule has 0 saturated heterocycles. The lowest BCUT2D eigenvalue weighted by Gasteiger charge is -2.21. The molecule has 2 heterocycles. The lowest BCUT2D eigenvalue weighted by Crippen LogP contribution is -2.08. The first kappa shape index (κ1) is 9.63. The molecule has 4 heteroatoms. The molecule has 4 nitrogen and oxygen atoms in total. The number of nitrogens with two attached hydrogens (primary N) is 1. The lowest BCUT2D eigenvalue weighted by atomic mass is 9.86. The number of hydrogen-bond acceptors (Lipinski definition) is 3. The Labute approximate surface area is 94.3 Å². The number of nitrogens with zero attached hydrogens (tertiary/aromatic N) is 2. The maximum absolute atomic E-state index is 5.83. The van der Waals surface area contributed by atoms with Gasteiger partial charge in [-0.2, -0.15) is 0 Å². The van der Waals surface area contributed by atoms with E-state index in [0.717, 1.165) is 16.7 Å². The van der Waals surface area contributed by atoms with Crippen LogP contribution in [0.25, 0.3) is 11.0 Å². The molecule has 0 aromatic carbocycles. The van der Waals surface area contributed by atoms with Gasteiger partial charge in [0.2, 0.25) is 0 Å². The van der Waals surface area contributed by atoms with Gasteiger partial charge in [0.1, 0.15) is 11.3 Å². The van der Waals surface area contributed by atoms with Crippen LogP contribution >= 0.6 is 0 Å². The summed E-state index contributed by atoms with van der Waals surface area (Å²) in [6.07, 6.45) is 8.11. The number of anilines is 1. The standard InChI is InChI=1S/C12H16N4/c13-10-6-9-12(15-7-14-9)11(16-10)8-4-2-1-3-5-8/h6-8H,1-5H2,(H2,13,16)(H,14,15). The van der Waals surface area contributed by atoms with E-state index < -0.39 is 0 Å². The smallest absolute Gasteiger partial charge is 0.125 e. The van der Waals surface area contributed by atoms with Crippen molar-refractivity contribution in [2.24, 2.45) is 0 Å². The Morgan fingerprint density at radius 3 is 2.88 bits per heavy atom. The van der Waals surface area contributed by atoms with Crippen molar-refractivity contribution in [1.82, 2.24) is 15.0 Å². The fourth-order valence-corrected chi connectivity index (χ4v) is 2.65. The Morgan fingerprint density at radius 2 is 2.06 bits per heavy atom. The number of H-pyrrole nitrogens is 1. The van der Waals surface area contributed by atoms with Crippen molar-refractivity contribution in [3.05, 3.63) is 18.1 Å². The summed E-state index contributed by atoms with van der Waals surface area (Å²) in [7, 11) is 0. The van der Waals surface area contributed by atoms with E-state index >= 15 is 0 Å². The fourth-order valence-electron chi connectivity index (χ4n) is 2.65. The van der Waals surface area contributed by atoms with Gasteiger partial charge in [-0.25, -0.2) is 9.97 Å². The zero-order valence-corrected chi connectivity index (χ0v) is 9.24. The predicted octanol–water partition coefficient (Wildman–Crippen LogP) is 2.59. The summed E-state index contributed by atoms with van der Waals surface area (Å²) < 4.78 is 0. The van der Waals surface area contributed by atoms with Gasteiger partial charge < -0.3 is 10.7 Å². The molecule has 0 aliphatic heterocycles. The number of nitrogens with one attached hydrogen (secondary N) is 1. The van der Waals surface area contributed by atoms with Crippen LogP contribution in [-0.4, -0.2) is 15.0 Å². The van der Waals surface area contributed by atoms with Crippen molar-refractivity contribution in [2.75, 3.05) is 5.73 Å². The van der Waals surface area contributed by atoms with Crippen LogP contribution in [0.5, 0.6) is 0 Å². The van der Waals surface area contributed by atoms with Crippen LogP contribution < -0.4 is 5.73 Å². The highest BCUT2D eigenvalue weighted by Crippen LogP contribution is 2.34. The first-order valence-corrected chi connectivity index (χ1v) is 5.94. The Morgan fingerprint density at radius 1 is 1.25 bits per heavy atom. The first-order chi connectivity index (χ1) is 7.84. The second-order valence-corrected chi connectivity index (χ2v) is 4.57. The molecule has 1 aliphatic rings. The first-order valence-electron chi connectivity index (χ1n) is 5.94. The number of imidazole rings is 1. The number of nitrogen functional groups attached to an aromatic ring is 1. The Balaban J connectivity index is 2.09. The largest absolute Gasteiger partial charge is 0.384 e. The van der Waals surface area contributed by atoms with E-state index in [4.69, 9.17) is 5.73 Å². The summed E-state index contributed by atoms with van der Waals surface area (Å²) in [6.45, 7) is 0. The highest BCUT2D eigenvalue weighted by Gasteiger charge is 2.20. The van der Waals surface area contributed by atoms with Gasteiger partial charge in [-0.15, -0.1) is 0 Å². The van der Waals surface area contributed by atoms with E-state index in [0.29, 0.717) is 11.7 Å². The molecule has 0 radical (unpaired) electrons. The van der Waals surface area contributed by atoms with Gasteiger partial charge in [0.25, 0.3) is 0 Å². The maximum Gasteiger partial charge on any atom is 0.125 e. The van der Waals surface area contributed by atoms with E-state index in [-0.39, 0.29) is 0 Å². The molecule has 16 heavy (non-hydrogen) atoms. The average Bonchev–Trinajstić information content (AvgIpc) is 2.77. The molecule has 0 bridgehead atoms. The highest BCUT2D eigenvalue weighted by atomic mass is 14.9. The molecule has 0 amide bonds. The lowest BCUT2D eigenvalue weighted by molar-refractivity contribution is 0.439. The summed E-state index contributed by atoms with van der Waals surface area (Å²) in [5.41, 5.74) is 8.93. The van der Waals surface area contributed by atoms with E-state index in [1.54, 1.807) is 6.33 Å². The van der Waals surface area contributed by atoms with Crippen LogP contribution in [0.3, 0.4) is 0 Å². The third-order valence-corrected chi connectivity index (χ3v) is 3.45. The van der Waals surface area contributed by atoms with Gasteiger partial charge in [-0.05, 0) is 12.8 Å². The fraction of sp³-hybridized carbons (Fsp3) is 0.500. The normalized spacial score (nSPS) is 18.0. The average molecular weight is 216 g/mol. The molecule has 3 rings (SSSR count). The number of pyridine rings is 1. The molecule has 1 saturated carbocycles. The summed E-state index contributed by atoms with van der Waals surface area (Å²) >= 11 is 0. The number of aromatic amines is 1. The van der Waals surface area contributed by atoms with Crippen molar-refractivity contribution in [3.8, 4) is 0 Å². The summed E-state index contributed by atoms with van der Waals surface area (Å²) in [6, 6.07) is 1.86. The van der Waals surface area contributed by atoms with Gasteiger partial charge in [-0.1, -0.05) is 19.3 Å². The molecular formula is C12H16N4. The molecule has 1 fully saturated rings. The van der Waals surface area contributed by atoms with Crippen molar-refractivity contribution < 1.29 is 0 Å². The molecule has 3 N–H and O–H groups in total. The Kier molecular flexibility index (Phi) is 2.27. The second-order valence-electron chi connectivity index (χ2n) is 4.57. The number of aromatic nitrogens is 3. The minimum Gasteiger partial charge on any atom is -0.384 e. The van der Waals surface area contributed by atoms with E-state index in [1.807, 2.05) is 6.07 Å². The molecule has 2 aromatic heterocycles. The van der Waals surface area contributed by atoms with E-state index in [2.05, 4.69) is 15.0 Å². The van der Waals surface area contributed by atoms with Gasteiger partial charge in [0.05, 0.1) is 17.5 Å². The minimum atomic E-state index is 0.544. The van der Waals surface area contributed by atoms with Crippen LogP contribution in [0.15, 0.2) is 12.4 Å². The third kappa shape index (κ3) is 1.54. The van der Waals surface area contributed by atoms with Gasteiger partial charge in [0.15, 0.2) is 0 Å². The maximum atomic E-state index is 5.83. The molecule has 0 unspecified atom stereocenters. The van der Waals surface area contributed by atoms with Crippen LogP contribution in [0, 0.1) is 0 Å². The molecule has 0 spiro atoms. The van der Waals surface area contributed by atoms with Crippen LogP contribution in [0.4, 0.5) is 5.82 Å². The Hall–Kier alpha value is -1.58. The number of fused-ring (bicyclic) bond motifs is 1. The molecule has 0 atom stereocenters. The van der Waals surface area contributed by atoms with Crippen molar-refractivity contribution >= 4 is 16.9 Å². The second kappa shape index (κ2) is 3.77. The number of hydrogen-bond donors (Lipinski definition) is 2. The molecule has 1 aliphatic carbocycles. The Bertz CT molecular complexity index is 497. The summed E-state index contributed by atoms with van der Waals surface area (Å²) in [5.74, 6) is 1.14. The predicted molar refractivity (Wildman–Crippen MR) is 64.1 cm³/mol. The van der Waals surface area contributed by atoms with Crippen molar-refractivity contribution in [1.29, 1.82) is 0 Å². The number of rotatable bonds is 1. The van der Waals surface area contributed by atoms with Gasteiger partial charge in [-0.3, -0.25) is 0 Å². The molecule has 2 aromatic rings. The topological polar surface area (TPSA) is 67.6 Å². The minimum absolute atomic E-state index is 0.544. The van der Waals surface area contributed by atoms with E-state index in [1.165, 1.54) is 32.1 Å². The van der Waals surface area contributed by atoms with Crippen molar-refractivity contribution in [3.63, 3.8) is 0 Å².